The second kappa shape index (κ2) is 9.87. The normalized spacial score (nSPS) is 24.5. The number of allylic oxidation sites excluding steroid dienone is 7. The first kappa shape index (κ1) is 25.9. The third-order valence-electron chi connectivity index (χ3n) is 8.82. The Labute approximate surface area is 229 Å². The van der Waals surface area contributed by atoms with Crippen LogP contribution in [0.3, 0.4) is 0 Å². The van der Waals surface area contributed by atoms with Gasteiger partial charge in [0.25, 0.3) is 0 Å². The number of rotatable bonds is 5. The van der Waals surface area contributed by atoms with Crippen LogP contribution in [0.25, 0.3) is 0 Å². The van der Waals surface area contributed by atoms with Crippen LogP contribution in [-0.2, 0) is 10.8 Å². The van der Waals surface area contributed by atoms with Crippen LogP contribution in [-0.4, -0.2) is 19.1 Å². The van der Waals surface area contributed by atoms with Gasteiger partial charge in [0.2, 0.25) is 0 Å². The van der Waals surface area contributed by atoms with E-state index in [0.717, 1.165) is 37.4 Å². The van der Waals surface area contributed by atoms with Gasteiger partial charge in [-0.25, -0.2) is 0 Å². The maximum Gasteiger partial charge on any atom is 0.0568 e. The molecule has 0 amide bonds. The first-order chi connectivity index (χ1) is 17.7. The van der Waals surface area contributed by atoms with E-state index in [4.69, 9.17) is 11.6 Å². The van der Waals surface area contributed by atoms with Gasteiger partial charge in [0.15, 0.2) is 0 Å². The molecular formula is C34H41ClN2. The number of fused-ring (bicyclic) bond motifs is 2. The molecule has 1 atom stereocenters. The fourth-order valence-corrected chi connectivity index (χ4v) is 7.07. The SMILES string of the molecule is CCN1/C(=C/C=C2\CCCC(/C=C/C3N(CC)c4ccccc4C3(C)C)=C2Cl)C(C)(C)c2ccccc21. The van der Waals surface area contributed by atoms with Crippen LogP contribution < -0.4 is 9.80 Å². The average molecular weight is 513 g/mol. The number of anilines is 2. The van der Waals surface area contributed by atoms with E-state index in [9.17, 15) is 0 Å². The van der Waals surface area contributed by atoms with Crippen LogP contribution in [0.4, 0.5) is 11.4 Å². The summed E-state index contributed by atoms with van der Waals surface area (Å²) in [5.74, 6) is 0. The fourth-order valence-electron chi connectivity index (χ4n) is 6.76. The van der Waals surface area contributed by atoms with Crippen LogP contribution in [0, 0.1) is 0 Å². The van der Waals surface area contributed by atoms with E-state index in [2.05, 4.69) is 124 Å². The molecule has 2 aromatic rings. The Morgan fingerprint density at radius 2 is 1.54 bits per heavy atom. The topological polar surface area (TPSA) is 6.48 Å². The van der Waals surface area contributed by atoms with Gasteiger partial charge in [-0.1, -0.05) is 93.9 Å². The zero-order valence-electron chi connectivity index (χ0n) is 23.3. The molecule has 0 bridgehead atoms. The van der Waals surface area contributed by atoms with Crippen molar-refractivity contribution in [1.29, 1.82) is 0 Å². The molecule has 0 saturated carbocycles. The summed E-state index contributed by atoms with van der Waals surface area (Å²) < 4.78 is 0. The number of hydrogen-bond acceptors (Lipinski definition) is 2. The number of halogens is 1. The van der Waals surface area contributed by atoms with Gasteiger partial charge in [-0.05, 0) is 73.6 Å². The van der Waals surface area contributed by atoms with Crippen molar-refractivity contribution in [2.24, 2.45) is 0 Å². The van der Waals surface area contributed by atoms with Gasteiger partial charge in [-0.3, -0.25) is 0 Å². The van der Waals surface area contributed by atoms with Gasteiger partial charge in [-0.15, -0.1) is 0 Å². The molecule has 37 heavy (non-hydrogen) atoms. The highest BCUT2D eigenvalue weighted by Crippen LogP contribution is 2.48. The first-order valence-corrected chi connectivity index (χ1v) is 14.3. The van der Waals surface area contributed by atoms with Crippen molar-refractivity contribution in [3.63, 3.8) is 0 Å². The predicted molar refractivity (Wildman–Crippen MR) is 161 cm³/mol. The molecule has 2 aromatic carbocycles. The Morgan fingerprint density at radius 3 is 2.24 bits per heavy atom. The van der Waals surface area contributed by atoms with Crippen molar-refractivity contribution in [2.75, 3.05) is 22.9 Å². The van der Waals surface area contributed by atoms with Gasteiger partial charge < -0.3 is 9.80 Å². The van der Waals surface area contributed by atoms with Crippen molar-refractivity contribution in [1.82, 2.24) is 0 Å². The Balaban J connectivity index is 1.45. The largest absolute Gasteiger partial charge is 0.364 e. The van der Waals surface area contributed by atoms with Gasteiger partial charge in [0, 0.05) is 46.0 Å². The highest BCUT2D eigenvalue weighted by molar-refractivity contribution is 6.32. The van der Waals surface area contributed by atoms with Gasteiger partial charge >= 0.3 is 0 Å². The Hall–Kier alpha value is -2.71. The minimum Gasteiger partial charge on any atom is -0.364 e. The van der Waals surface area contributed by atoms with Crippen molar-refractivity contribution in [3.05, 3.63) is 106 Å². The molecule has 1 unspecified atom stereocenters. The molecule has 0 N–H and O–H groups in total. The third kappa shape index (κ3) is 4.28. The second-order valence-electron chi connectivity index (χ2n) is 11.7. The molecule has 0 saturated heterocycles. The zero-order valence-corrected chi connectivity index (χ0v) is 24.1. The van der Waals surface area contributed by atoms with E-state index >= 15 is 0 Å². The molecule has 0 radical (unpaired) electrons. The summed E-state index contributed by atoms with van der Waals surface area (Å²) in [5.41, 5.74) is 9.42. The zero-order chi connectivity index (χ0) is 26.4. The van der Waals surface area contributed by atoms with Crippen molar-refractivity contribution in [2.45, 2.75) is 77.7 Å². The maximum absolute atomic E-state index is 7.08. The van der Waals surface area contributed by atoms with Crippen LogP contribution in [0.5, 0.6) is 0 Å². The van der Waals surface area contributed by atoms with E-state index in [1.54, 1.807) is 0 Å². The van der Waals surface area contributed by atoms with Crippen molar-refractivity contribution >= 4 is 23.0 Å². The lowest BCUT2D eigenvalue weighted by atomic mass is 9.80. The quantitative estimate of drug-likeness (QED) is 0.394. The molecule has 2 aliphatic heterocycles. The van der Waals surface area contributed by atoms with Gasteiger partial charge in [0.05, 0.1) is 6.04 Å². The second-order valence-corrected chi connectivity index (χ2v) is 12.0. The summed E-state index contributed by atoms with van der Waals surface area (Å²) in [6.45, 7) is 15.8. The molecule has 1 aliphatic carbocycles. The van der Waals surface area contributed by atoms with Crippen molar-refractivity contribution < 1.29 is 0 Å². The molecule has 3 heteroatoms. The van der Waals surface area contributed by atoms with Crippen LogP contribution in [0.15, 0.2) is 94.7 Å². The van der Waals surface area contributed by atoms with E-state index in [0.29, 0.717) is 6.04 Å². The first-order valence-electron chi connectivity index (χ1n) is 13.9. The monoisotopic (exact) mass is 512 g/mol. The number of likely N-dealkylation sites (N-methyl/N-ethyl adjacent to an activating group) is 2. The lowest BCUT2D eigenvalue weighted by molar-refractivity contribution is 0.478. The number of benzene rings is 2. The summed E-state index contributed by atoms with van der Waals surface area (Å²) in [6.07, 6.45) is 12.5. The summed E-state index contributed by atoms with van der Waals surface area (Å²) in [5, 5.41) is 0.937. The molecule has 0 aromatic heterocycles. The smallest absolute Gasteiger partial charge is 0.0568 e. The average Bonchev–Trinajstić information content (AvgIpc) is 3.25. The number of nitrogens with zero attached hydrogens (tertiary/aromatic N) is 2. The molecule has 194 valence electrons. The molecule has 2 nitrogen and oxygen atoms in total. The van der Waals surface area contributed by atoms with E-state index in [1.165, 1.54) is 39.3 Å². The number of hydrogen-bond donors (Lipinski definition) is 0. The van der Waals surface area contributed by atoms with E-state index in [1.807, 2.05) is 0 Å². The van der Waals surface area contributed by atoms with Crippen LogP contribution in [0.1, 0.15) is 71.9 Å². The summed E-state index contributed by atoms with van der Waals surface area (Å²) in [4.78, 5) is 4.98. The predicted octanol–water partition coefficient (Wildman–Crippen LogP) is 9.03. The lowest BCUT2D eigenvalue weighted by Crippen LogP contribution is -2.39. The summed E-state index contributed by atoms with van der Waals surface area (Å²) in [6, 6.07) is 18.0. The summed E-state index contributed by atoms with van der Waals surface area (Å²) >= 11 is 7.08. The van der Waals surface area contributed by atoms with Crippen LogP contribution in [0.2, 0.25) is 0 Å². The Morgan fingerprint density at radius 1 is 0.865 bits per heavy atom. The molecular weight excluding hydrogens is 472 g/mol. The Bertz CT molecular complexity index is 1310. The fraction of sp³-hybridized carbons (Fsp3) is 0.412. The highest BCUT2D eigenvalue weighted by Gasteiger charge is 2.42. The highest BCUT2D eigenvalue weighted by atomic mass is 35.5. The molecule has 5 rings (SSSR count). The molecule has 3 aliphatic rings. The standard InChI is InChI=1S/C34H41ClN2/c1-7-36-28-18-11-9-16-26(28)33(3,4)30(36)22-20-24-14-13-15-25(32(24)35)21-23-31-34(5,6)27-17-10-12-19-29(27)37(31)8-2/h9-12,16-23,30H,7-8,13-15H2,1-6H3/b22-20+,25-21+,31-23+. The minimum atomic E-state index is -0.0239. The lowest BCUT2D eigenvalue weighted by Gasteiger charge is -2.32. The molecule has 0 fully saturated rings. The maximum atomic E-state index is 7.08. The summed E-state index contributed by atoms with van der Waals surface area (Å²) in [7, 11) is 0. The third-order valence-corrected chi connectivity index (χ3v) is 9.30. The van der Waals surface area contributed by atoms with Crippen molar-refractivity contribution in [3.8, 4) is 0 Å². The van der Waals surface area contributed by atoms with Gasteiger partial charge in [0.1, 0.15) is 0 Å². The van der Waals surface area contributed by atoms with Gasteiger partial charge in [-0.2, -0.15) is 0 Å². The van der Waals surface area contributed by atoms with E-state index in [-0.39, 0.29) is 10.8 Å². The van der Waals surface area contributed by atoms with E-state index < -0.39 is 0 Å². The Kier molecular flexibility index (Phi) is 6.92. The van der Waals surface area contributed by atoms with Crippen LogP contribution >= 0.6 is 11.6 Å². The minimum absolute atomic E-state index is 0.0239. The molecule has 2 heterocycles. The molecule has 0 spiro atoms. The number of para-hydroxylation sites is 2.